The summed E-state index contributed by atoms with van der Waals surface area (Å²) in [5.74, 6) is 1.19. The predicted octanol–water partition coefficient (Wildman–Crippen LogP) is 3.52. The predicted molar refractivity (Wildman–Crippen MR) is 81.1 cm³/mol. The maximum absolute atomic E-state index is 9.56. The minimum absolute atomic E-state index is 0.109. The first-order valence-corrected chi connectivity index (χ1v) is 7.45. The molecule has 1 saturated heterocycles. The van der Waals surface area contributed by atoms with E-state index in [2.05, 4.69) is 36.9 Å². The van der Waals surface area contributed by atoms with E-state index in [0.29, 0.717) is 5.92 Å². The number of hydrogen-bond acceptors (Lipinski definition) is 3. The molecule has 0 aromatic heterocycles. The maximum atomic E-state index is 9.56. The minimum atomic E-state index is -0.109. The lowest BCUT2D eigenvalue weighted by molar-refractivity contribution is 0.327. The summed E-state index contributed by atoms with van der Waals surface area (Å²) in [4.78, 5) is 2.38. The average molecular weight is 272 g/mol. The van der Waals surface area contributed by atoms with Crippen molar-refractivity contribution in [3.63, 3.8) is 0 Å². The van der Waals surface area contributed by atoms with Gasteiger partial charge in [0.2, 0.25) is 0 Å². The fraction of sp³-hybridized carbons (Fsp3) is 0.588. The highest BCUT2D eigenvalue weighted by atomic mass is 16.5. The second kappa shape index (κ2) is 6.76. The van der Waals surface area contributed by atoms with Crippen LogP contribution in [0.3, 0.4) is 0 Å². The van der Waals surface area contributed by atoms with Crippen LogP contribution in [0.1, 0.15) is 49.7 Å². The zero-order chi connectivity index (χ0) is 14.5. The van der Waals surface area contributed by atoms with Crippen LogP contribution < -0.4 is 4.74 Å². The third kappa shape index (κ3) is 3.32. The summed E-state index contributed by atoms with van der Waals surface area (Å²) in [7, 11) is 1.68. The topological polar surface area (TPSA) is 36.3 Å². The van der Waals surface area contributed by atoms with Gasteiger partial charge in [-0.1, -0.05) is 26.0 Å². The molecular weight excluding hydrogens is 248 g/mol. The molecule has 0 radical (unpaired) electrons. The summed E-state index contributed by atoms with van der Waals surface area (Å²) in [6.07, 6.45) is 2.50. The minimum Gasteiger partial charge on any atom is -0.496 e. The van der Waals surface area contributed by atoms with E-state index in [1.807, 2.05) is 6.07 Å². The van der Waals surface area contributed by atoms with Crippen molar-refractivity contribution in [2.75, 3.05) is 26.7 Å². The molecule has 20 heavy (non-hydrogen) atoms. The van der Waals surface area contributed by atoms with Crippen LogP contribution in [-0.2, 0) is 0 Å². The van der Waals surface area contributed by atoms with Crippen molar-refractivity contribution in [3.8, 4) is 11.8 Å². The molecule has 0 aliphatic carbocycles. The number of benzene rings is 1. The quantitative estimate of drug-likeness (QED) is 0.823. The van der Waals surface area contributed by atoms with Gasteiger partial charge in [0.15, 0.2) is 0 Å². The Bertz CT molecular complexity index is 484. The Morgan fingerprint density at radius 1 is 1.30 bits per heavy atom. The zero-order valence-corrected chi connectivity index (χ0v) is 12.7. The normalized spacial score (nSPS) is 17.1. The highest BCUT2D eigenvalue weighted by Crippen LogP contribution is 2.31. The van der Waals surface area contributed by atoms with Gasteiger partial charge in [-0.25, -0.2) is 0 Å². The molecular formula is C17H24N2O. The van der Waals surface area contributed by atoms with E-state index >= 15 is 0 Å². The lowest BCUT2D eigenvalue weighted by Crippen LogP contribution is -2.25. The van der Waals surface area contributed by atoms with E-state index in [-0.39, 0.29) is 5.92 Å². The van der Waals surface area contributed by atoms with Gasteiger partial charge < -0.3 is 9.64 Å². The standard InChI is InChI=1S/C17H24N2O/c1-13(2)14-6-7-17(20-3)16(10-14)15(11-18)12-19-8-4-5-9-19/h6-7,10,13,15H,4-5,8-9,12H2,1-3H3. The number of rotatable bonds is 5. The number of hydrogen-bond donors (Lipinski definition) is 0. The van der Waals surface area contributed by atoms with Gasteiger partial charge in [0.1, 0.15) is 5.75 Å². The highest BCUT2D eigenvalue weighted by molar-refractivity contribution is 5.43. The summed E-state index contributed by atoms with van der Waals surface area (Å²) >= 11 is 0. The lowest BCUT2D eigenvalue weighted by Gasteiger charge is -2.21. The Kier molecular flexibility index (Phi) is 5.03. The summed E-state index contributed by atoms with van der Waals surface area (Å²) in [5.41, 5.74) is 2.30. The van der Waals surface area contributed by atoms with Crippen LogP contribution in [0.5, 0.6) is 5.75 Å². The molecule has 1 unspecified atom stereocenters. The molecule has 1 aliphatic heterocycles. The third-order valence-electron chi connectivity index (χ3n) is 4.09. The van der Waals surface area contributed by atoms with Crippen molar-refractivity contribution in [1.82, 2.24) is 4.90 Å². The van der Waals surface area contributed by atoms with Gasteiger partial charge in [0.05, 0.1) is 19.1 Å². The van der Waals surface area contributed by atoms with Crippen molar-refractivity contribution in [3.05, 3.63) is 29.3 Å². The van der Waals surface area contributed by atoms with Gasteiger partial charge in [-0.3, -0.25) is 0 Å². The monoisotopic (exact) mass is 272 g/mol. The third-order valence-corrected chi connectivity index (χ3v) is 4.09. The molecule has 1 heterocycles. The van der Waals surface area contributed by atoms with Gasteiger partial charge >= 0.3 is 0 Å². The molecule has 1 aromatic rings. The number of nitrogens with zero attached hydrogens (tertiary/aromatic N) is 2. The van der Waals surface area contributed by atoms with Gasteiger partial charge in [0.25, 0.3) is 0 Å². The second-order valence-electron chi connectivity index (χ2n) is 5.85. The van der Waals surface area contributed by atoms with Crippen LogP contribution >= 0.6 is 0 Å². The number of nitriles is 1. The molecule has 1 aliphatic rings. The molecule has 1 fully saturated rings. The Balaban J connectivity index is 2.26. The van der Waals surface area contributed by atoms with E-state index in [9.17, 15) is 5.26 Å². The summed E-state index contributed by atoms with van der Waals surface area (Å²) in [6.45, 7) is 7.39. The Labute approximate surface area is 122 Å². The molecule has 0 spiro atoms. The molecule has 2 rings (SSSR count). The largest absolute Gasteiger partial charge is 0.496 e. The number of ether oxygens (including phenoxy) is 1. The van der Waals surface area contributed by atoms with Gasteiger partial charge in [-0.15, -0.1) is 0 Å². The Morgan fingerprint density at radius 2 is 2.00 bits per heavy atom. The van der Waals surface area contributed by atoms with Gasteiger partial charge in [0, 0.05) is 12.1 Å². The lowest BCUT2D eigenvalue weighted by atomic mass is 9.93. The molecule has 1 aromatic carbocycles. The SMILES string of the molecule is COc1ccc(C(C)C)cc1C(C#N)CN1CCCC1. The molecule has 3 heteroatoms. The van der Waals surface area contributed by atoms with Gasteiger partial charge in [-0.05, 0) is 43.5 Å². The molecule has 0 bridgehead atoms. The first-order valence-electron chi connectivity index (χ1n) is 7.45. The average Bonchev–Trinajstić information content (AvgIpc) is 2.97. The molecule has 3 nitrogen and oxygen atoms in total. The van der Waals surface area contributed by atoms with Gasteiger partial charge in [-0.2, -0.15) is 5.26 Å². The van der Waals surface area contributed by atoms with Crippen LogP contribution in [0, 0.1) is 11.3 Å². The Hall–Kier alpha value is -1.53. The van der Waals surface area contributed by atoms with Crippen LogP contribution in [0.15, 0.2) is 18.2 Å². The molecule has 0 saturated carbocycles. The molecule has 108 valence electrons. The number of methoxy groups -OCH3 is 1. The summed E-state index contributed by atoms with van der Waals surface area (Å²) < 4.78 is 5.46. The van der Waals surface area contributed by atoms with Crippen molar-refractivity contribution >= 4 is 0 Å². The molecule has 0 amide bonds. The van der Waals surface area contributed by atoms with E-state index in [4.69, 9.17) is 4.74 Å². The van der Waals surface area contributed by atoms with Crippen molar-refractivity contribution in [2.24, 2.45) is 0 Å². The van der Waals surface area contributed by atoms with E-state index in [1.54, 1.807) is 7.11 Å². The zero-order valence-electron chi connectivity index (χ0n) is 12.7. The molecule has 1 atom stereocenters. The van der Waals surface area contributed by atoms with Crippen molar-refractivity contribution in [2.45, 2.75) is 38.5 Å². The summed E-state index contributed by atoms with van der Waals surface area (Å²) in [6, 6.07) is 8.70. The Morgan fingerprint density at radius 3 is 2.55 bits per heavy atom. The first-order chi connectivity index (χ1) is 9.65. The van der Waals surface area contributed by atoms with Crippen LogP contribution in [0.25, 0.3) is 0 Å². The highest BCUT2D eigenvalue weighted by Gasteiger charge is 2.22. The van der Waals surface area contributed by atoms with Crippen molar-refractivity contribution < 1.29 is 4.74 Å². The van der Waals surface area contributed by atoms with Crippen LogP contribution in [-0.4, -0.2) is 31.6 Å². The number of likely N-dealkylation sites (tertiary alicyclic amines) is 1. The molecule has 0 N–H and O–H groups in total. The van der Waals surface area contributed by atoms with E-state index in [1.165, 1.54) is 18.4 Å². The fourth-order valence-corrected chi connectivity index (χ4v) is 2.82. The smallest absolute Gasteiger partial charge is 0.123 e. The second-order valence-corrected chi connectivity index (χ2v) is 5.85. The van der Waals surface area contributed by atoms with Crippen LogP contribution in [0.2, 0.25) is 0 Å². The van der Waals surface area contributed by atoms with Crippen LogP contribution in [0.4, 0.5) is 0 Å². The van der Waals surface area contributed by atoms with E-state index < -0.39 is 0 Å². The first kappa shape index (κ1) is 14.9. The summed E-state index contributed by atoms with van der Waals surface area (Å²) in [5, 5.41) is 9.56. The maximum Gasteiger partial charge on any atom is 0.123 e. The van der Waals surface area contributed by atoms with E-state index in [0.717, 1.165) is 30.9 Å². The van der Waals surface area contributed by atoms with Crippen molar-refractivity contribution in [1.29, 1.82) is 5.26 Å². The fourth-order valence-electron chi connectivity index (χ4n) is 2.82.